The molecule has 0 aliphatic carbocycles. The molecular formula is C14H17N5. The molecule has 1 aliphatic heterocycles. The largest absolute Gasteiger partial charge is 0.369 e. The summed E-state index contributed by atoms with van der Waals surface area (Å²) in [7, 11) is 0. The minimum atomic E-state index is 0.855. The Labute approximate surface area is 112 Å². The highest BCUT2D eigenvalue weighted by Crippen LogP contribution is 2.18. The molecule has 0 aromatic carbocycles. The Morgan fingerprint density at radius 2 is 2.11 bits per heavy atom. The SMILES string of the molecule is c1cc(CCNc2ncnc3c2CNCC3)ccn1. The zero-order valence-corrected chi connectivity index (χ0v) is 10.8. The van der Waals surface area contributed by atoms with Gasteiger partial charge in [0, 0.05) is 44.0 Å². The number of rotatable bonds is 4. The lowest BCUT2D eigenvalue weighted by atomic mass is 10.1. The minimum absolute atomic E-state index is 0.855. The maximum Gasteiger partial charge on any atom is 0.134 e. The van der Waals surface area contributed by atoms with Gasteiger partial charge < -0.3 is 10.6 Å². The third-order valence-electron chi connectivity index (χ3n) is 3.33. The second-order valence-electron chi connectivity index (χ2n) is 4.61. The van der Waals surface area contributed by atoms with Crippen LogP contribution in [0, 0.1) is 0 Å². The normalized spacial score (nSPS) is 13.9. The molecule has 0 unspecified atom stereocenters. The molecule has 2 aromatic rings. The van der Waals surface area contributed by atoms with Gasteiger partial charge in [-0.25, -0.2) is 9.97 Å². The van der Waals surface area contributed by atoms with Crippen molar-refractivity contribution in [2.75, 3.05) is 18.4 Å². The molecular weight excluding hydrogens is 238 g/mol. The van der Waals surface area contributed by atoms with E-state index in [1.165, 1.54) is 16.8 Å². The Kier molecular flexibility index (Phi) is 3.65. The summed E-state index contributed by atoms with van der Waals surface area (Å²) in [4.78, 5) is 12.7. The third-order valence-corrected chi connectivity index (χ3v) is 3.33. The summed E-state index contributed by atoms with van der Waals surface area (Å²) >= 11 is 0. The average molecular weight is 255 g/mol. The zero-order valence-electron chi connectivity index (χ0n) is 10.8. The van der Waals surface area contributed by atoms with Gasteiger partial charge in [0.1, 0.15) is 12.1 Å². The summed E-state index contributed by atoms with van der Waals surface area (Å²) in [5.41, 5.74) is 3.66. The van der Waals surface area contributed by atoms with Crippen LogP contribution in [0.3, 0.4) is 0 Å². The fourth-order valence-corrected chi connectivity index (χ4v) is 2.30. The summed E-state index contributed by atoms with van der Waals surface area (Å²) < 4.78 is 0. The van der Waals surface area contributed by atoms with Crippen LogP contribution in [-0.4, -0.2) is 28.0 Å². The first-order chi connectivity index (χ1) is 9.43. The van der Waals surface area contributed by atoms with Crippen molar-refractivity contribution in [3.05, 3.63) is 47.7 Å². The quantitative estimate of drug-likeness (QED) is 0.858. The second-order valence-corrected chi connectivity index (χ2v) is 4.61. The summed E-state index contributed by atoms with van der Waals surface area (Å²) in [6.45, 7) is 2.72. The number of fused-ring (bicyclic) bond motifs is 1. The van der Waals surface area contributed by atoms with E-state index >= 15 is 0 Å². The van der Waals surface area contributed by atoms with Gasteiger partial charge in [0.15, 0.2) is 0 Å². The first-order valence-electron chi connectivity index (χ1n) is 6.60. The van der Waals surface area contributed by atoms with Crippen molar-refractivity contribution >= 4 is 5.82 Å². The van der Waals surface area contributed by atoms with Crippen LogP contribution in [0.2, 0.25) is 0 Å². The first kappa shape index (κ1) is 12.0. The smallest absolute Gasteiger partial charge is 0.134 e. The average Bonchev–Trinajstić information content (AvgIpc) is 2.49. The van der Waals surface area contributed by atoms with E-state index in [0.29, 0.717) is 0 Å². The molecule has 0 fully saturated rings. The Hall–Kier alpha value is -2.01. The monoisotopic (exact) mass is 255 g/mol. The van der Waals surface area contributed by atoms with Crippen molar-refractivity contribution in [3.8, 4) is 0 Å². The number of nitrogens with one attached hydrogen (secondary N) is 2. The molecule has 0 saturated carbocycles. The second kappa shape index (κ2) is 5.75. The van der Waals surface area contributed by atoms with E-state index in [2.05, 4.69) is 25.6 Å². The van der Waals surface area contributed by atoms with Crippen LogP contribution >= 0.6 is 0 Å². The molecule has 0 saturated heterocycles. The molecule has 19 heavy (non-hydrogen) atoms. The maximum absolute atomic E-state index is 4.35. The van der Waals surface area contributed by atoms with Gasteiger partial charge in [-0.05, 0) is 24.1 Å². The van der Waals surface area contributed by atoms with Crippen molar-refractivity contribution in [1.82, 2.24) is 20.3 Å². The molecule has 2 aromatic heterocycles. The predicted octanol–water partition coefficient (Wildman–Crippen LogP) is 1.17. The molecule has 5 heteroatoms. The molecule has 0 spiro atoms. The number of anilines is 1. The van der Waals surface area contributed by atoms with Crippen molar-refractivity contribution in [2.45, 2.75) is 19.4 Å². The topological polar surface area (TPSA) is 62.7 Å². The van der Waals surface area contributed by atoms with Gasteiger partial charge in [-0.3, -0.25) is 4.98 Å². The van der Waals surface area contributed by atoms with Crippen molar-refractivity contribution in [3.63, 3.8) is 0 Å². The van der Waals surface area contributed by atoms with E-state index in [1.807, 2.05) is 24.5 Å². The number of nitrogens with zero attached hydrogens (tertiary/aromatic N) is 3. The molecule has 3 heterocycles. The number of hydrogen-bond acceptors (Lipinski definition) is 5. The Bertz CT molecular complexity index is 541. The summed E-state index contributed by atoms with van der Waals surface area (Å²) in [6, 6.07) is 4.08. The third kappa shape index (κ3) is 2.88. The van der Waals surface area contributed by atoms with Gasteiger partial charge in [-0.2, -0.15) is 0 Å². The number of aromatic nitrogens is 3. The molecule has 0 radical (unpaired) electrons. The standard InChI is InChI=1S/C14H17N5/c1-5-15-6-2-11(1)3-8-17-14-12-9-16-7-4-13(12)18-10-19-14/h1-2,5-6,10,16H,3-4,7-9H2,(H,17,18,19). The number of pyridine rings is 1. The van der Waals surface area contributed by atoms with Crippen molar-refractivity contribution in [1.29, 1.82) is 0 Å². The molecule has 1 aliphatic rings. The lowest BCUT2D eigenvalue weighted by molar-refractivity contribution is 0.627. The highest BCUT2D eigenvalue weighted by atomic mass is 15.0. The van der Waals surface area contributed by atoms with Gasteiger partial charge in [0.25, 0.3) is 0 Å². The van der Waals surface area contributed by atoms with Crippen LogP contribution in [0.4, 0.5) is 5.82 Å². The van der Waals surface area contributed by atoms with Crippen LogP contribution in [0.1, 0.15) is 16.8 Å². The fraction of sp³-hybridized carbons (Fsp3) is 0.357. The summed E-state index contributed by atoms with van der Waals surface area (Å²) in [6.07, 6.45) is 7.25. The van der Waals surface area contributed by atoms with Crippen molar-refractivity contribution in [2.24, 2.45) is 0 Å². The van der Waals surface area contributed by atoms with Crippen LogP contribution in [0.25, 0.3) is 0 Å². The molecule has 2 N–H and O–H groups in total. The molecule has 5 nitrogen and oxygen atoms in total. The van der Waals surface area contributed by atoms with Crippen LogP contribution in [0.15, 0.2) is 30.9 Å². The van der Waals surface area contributed by atoms with E-state index < -0.39 is 0 Å². The Morgan fingerprint density at radius 3 is 3.00 bits per heavy atom. The fourth-order valence-electron chi connectivity index (χ4n) is 2.30. The van der Waals surface area contributed by atoms with Crippen molar-refractivity contribution < 1.29 is 0 Å². The van der Waals surface area contributed by atoms with Gasteiger partial charge in [-0.1, -0.05) is 0 Å². The van der Waals surface area contributed by atoms with Crippen LogP contribution in [-0.2, 0) is 19.4 Å². The lowest BCUT2D eigenvalue weighted by Gasteiger charge is -2.19. The van der Waals surface area contributed by atoms with E-state index in [-0.39, 0.29) is 0 Å². The zero-order chi connectivity index (χ0) is 12.9. The summed E-state index contributed by atoms with van der Waals surface area (Å²) in [5, 5.41) is 6.77. The van der Waals surface area contributed by atoms with Gasteiger partial charge in [0.05, 0.1) is 5.69 Å². The predicted molar refractivity (Wildman–Crippen MR) is 73.9 cm³/mol. The molecule has 0 bridgehead atoms. The molecule has 0 amide bonds. The van der Waals surface area contributed by atoms with E-state index in [9.17, 15) is 0 Å². The van der Waals surface area contributed by atoms with Crippen LogP contribution < -0.4 is 10.6 Å². The highest BCUT2D eigenvalue weighted by molar-refractivity contribution is 5.46. The molecule has 3 rings (SSSR count). The minimum Gasteiger partial charge on any atom is -0.369 e. The van der Waals surface area contributed by atoms with Gasteiger partial charge >= 0.3 is 0 Å². The van der Waals surface area contributed by atoms with Gasteiger partial charge in [-0.15, -0.1) is 0 Å². The van der Waals surface area contributed by atoms with E-state index in [1.54, 1.807) is 6.33 Å². The molecule has 98 valence electrons. The van der Waals surface area contributed by atoms with E-state index in [0.717, 1.165) is 38.3 Å². The maximum atomic E-state index is 4.35. The van der Waals surface area contributed by atoms with Crippen LogP contribution in [0.5, 0.6) is 0 Å². The lowest BCUT2D eigenvalue weighted by Crippen LogP contribution is -2.26. The first-order valence-corrected chi connectivity index (χ1v) is 6.60. The van der Waals surface area contributed by atoms with Gasteiger partial charge in [0.2, 0.25) is 0 Å². The molecule has 0 atom stereocenters. The highest BCUT2D eigenvalue weighted by Gasteiger charge is 2.14. The summed E-state index contributed by atoms with van der Waals surface area (Å²) in [5.74, 6) is 0.964. The van der Waals surface area contributed by atoms with E-state index in [4.69, 9.17) is 0 Å². The number of hydrogen-bond donors (Lipinski definition) is 2. The Morgan fingerprint density at radius 1 is 1.21 bits per heavy atom. The Balaban J connectivity index is 1.64.